The van der Waals surface area contributed by atoms with Crippen LogP contribution in [0.1, 0.15) is 12.5 Å². The maximum atomic E-state index is 13.3. The summed E-state index contributed by atoms with van der Waals surface area (Å²) in [5.41, 5.74) is 4.41. The first kappa shape index (κ1) is 21.2. The van der Waals surface area contributed by atoms with E-state index in [1.54, 1.807) is 62.9 Å². The van der Waals surface area contributed by atoms with Crippen LogP contribution in [0.5, 0.6) is 11.5 Å². The Bertz CT molecular complexity index is 1310. The smallest absolute Gasteiger partial charge is 0.248 e. The largest absolute Gasteiger partial charge is 0.497 e. The molecule has 0 atom stereocenters. The Balaban J connectivity index is 1.69. The molecule has 162 valence electrons. The van der Waals surface area contributed by atoms with Gasteiger partial charge >= 0.3 is 0 Å². The molecular formula is C26H22FNO4. The summed E-state index contributed by atoms with van der Waals surface area (Å²) in [5, 5.41) is 3.68. The average Bonchev–Trinajstić information content (AvgIpc) is 3.21. The van der Waals surface area contributed by atoms with Gasteiger partial charge in [0, 0.05) is 40.4 Å². The molecule has 32 heavy (non-hydrogen) atoms. The molecule has 0 saturated carbocycles. The highest BCUT2D eigenvalue weighted by Gasteiger charge is 2.15. The molecular weight excluding hydrogens is 409 g/mol. The molecule has 0 saturated heterocycles. The number of allylic oxidation sites excluding steroid dienone is 1. The highest BCUT2D eigenvalue weighted by Crippen LogP contribution is 2.37. The molecule has 0 unspecified atom stereocenters. The minimum atomic E-state index is -0.301. The fraction of sp³-hybridized carbons (Fsp3) is 0.115. The van der Waals surface area contributed by atoms with Gasteiger partial charge in [-0.1, -0.05) is 18.2 Å². The maximum absolute atomic E-state index is 13.3. The molecule has 0 bridgehead atoms. The summed E-state index contributed by atoms with van der Waals surface area (Å²) in [4.78, 5) is 12.6. The second kappa shape index (κ2) is 8.98. The van der Waals surface area contributed by atoms with Crippen LogP contribution in [-0.4, -0.2) is 20.1 Å². The zero-order valence-corrected chi connectivity index (χ0v) is 17.9. The van der Waals surface area contributed by atoms with Crippen molar-refractivity contribution in [2.75, 3.05) is 19.5 Å². The molecule has 0 spiro atoms. The van der Waals surface area contributed by atoms with Crippen LogP contribution in [0.25, 0.3) is 27.7 Å². The summed E-state index contributed by atoms with van der Waals surface area (Å²) in [7, 11) is 3.14. The van der Waals surface area contributed by atoms with E-state index in [4.69, 9.17) is 13.9 Å². The Labute approximate surface area is 185 Å². The van der Waals surface area contributed by atoms with E-state index in [2.05, 4.69) is 5.32 Å². The summed E-state index contributed by atoms with van der Waals surface area (Å²) in [6.45, 7) is 1.84. The zero-order valence-electron chi connectivity index (χ0n) is 17.9. The molecule has 0 fully saturated rings. The molecule has 3 aromatic carbocycles. The van der Waals surface area contributed by atoms with Crippen molar-refractivity contribution < 1.29 is 23.1 Å². The minimum absolute atomic E-state index is 0.274. The lowest BCUT2D eigenvalue weighted by molar-refractivity contribution is -0.111. The van der Waals surface area contributed by atoms with Crippen molar-refractivity contribution in [3.63, 3.8) is 0 Å². The van der Waals surface area contributed by atoms with Crippen molar-refractivity contribution in [3.8, 4) is 22.6 Å². The summed E-state index contributed by atoms with van der Waals surface area (Å²) in [5.74, 6) is 0.665. The van der Waals surface area contributed by atoms with Crippen LogP contribution in [0.15, 0.2) is 77.4 Å². The van der Waals surface area contributed by atoms with Crippen LogP contribution in [0, 0.1) is 5.82 Å². The Morgan fingerprint density at radius 1 is 1.03 bits per heavy atom. The fourth-order valence-corrected chi connectivity index (χ4v) is 3.54. The third kappa shape index (κ3) is 4.34. The van der Waals surface area contributed by atoms with E-state index in [-0.39, 0.29) is 11.7 Å². The van der Waals surface area contributed by atoms with Gasteiger partial charge in [0.25, 0.3) is 0 Å². The van der Waals surface area contributed by atoms with Gasteiger partial charge in [-0.2, -0.15) is 0 Å². The predicted octanol–water partition coefficient (Wildman–Crippen LogP) is 6.30. The monoisotopic (exact) mass is 431 g/mol. The SMILES string of the molecule is COc1cccc(NC(=O)/C=C(\C)c2cc3c(-c4ccc(F)cc4)coc3cc2OC)c1. The molecule has 1 aromatic heterocycles. The summed E-state index contributed by atoms with van der Waals surface area (Å²) in [6, 6.07) is 17.1. The molecule has 0 radical (unpaired) electrons. The van der Waals surface area contributed by atoms with Crippen LogP contribution in [0.2, 0.25) is 0 Å². The maximum Gasteiger partial charge on any atom is 0.248 e. The lowest BCUT2D eigenvalue weighted by Crippen LogP contribution is -2.08. The number of furan rings is 1. The molecule has 1 N–H and O–H groups in total. The minimum Gasteiger partial charge on any atom is -0.497 e. The number of ether oxygens (including phenoxy) is 2. The van der Waals surface area contributed by atoms with E-state index >= 15 is 0 Å². The number of rotatable bonds is 6. The van der Waals surface area contributed by atoms with Gasteiger partial charge in [0.1, 0.15) is 22.9 Å². The number of carbonyl (C=O) groups excluding carboxylic acids is 1. The van der Waals surface area contributed by atoms with Gasteiger partial charge in [0.2, 0.25) is 5.91 Å². The van der Waals surface area contributed by atoms with Gasteiger partial charge in [-0.3, -0.25) is 4.79 Å². The molecule has 0 aliphatic heterocycles. The number of nitrogens with one attached hydrogen (secondary N) is 1. The molecule has 1 heterocycles. The van der Waals surface area contributed by atoms with Gasteiger partial charge in [0.15, 0.2) is 0 Å². The first-order valence-corrected chi connectivity index (χ1v) is 9.97. The van der Waals surface area contributed by atoms with Gasteiger partial charge in [-0.05, 0) is 48.4 Å². The topological polar surface area (TPSA) is 60.7 Å². The lowest BCUT2D eigenvalue weighted by atomic mass is 9.99. The van der Waals surface area contributed by atoms with Crippen LogP contribution in [-0.2, 0) is 4.79 Å². The molecule has 4 rings (SSSR count). The van der Waals surface area contributed by atoms with Crippen molar-refractivity contribution in [1.82, 2.24) is 0 Å². The van der Waals surface area contributed by atoms with E-state index in [1.807, 2.05) is 13.0 Å². The summed E-state index contributed by atoms with van der Waals surface area (Å²) in [6.07, 6.45) is 3.15. The van der Waals surface area contributed by atoms with Crippen molar-refractivity contribution in [1.29, 1.82) is 0 Å². The van der Waals surface area contributed by atoms with E-state index in [0.29, 0.717) is 22.8 Å². The lowest BCUT2D eigenvalue weighted by Gasteiger charge is -2.10. The van der Waals surface area contributed by atoms with Gasteiger partial charge in [-0.25, -0.2) is 4.39 Å². The Hall–Kier alpha value is -4.06. The number of halogens is 1. The van der Waals surface area contributed by atoms with Crippen molar-refractivity contribution in [2.24, 2.45) is 0 Å². The second-order valence-corrected chi connectivity index (χ2v) is 7.25. The first-order valence-electron chi connectivity index (χ1n) is 9.97. The fourth-order valence-electron chi connectivity index (χ4n) is 3.54. The van der Waals surface area contributed by atoms with E-state index in [1.165, 1.54) is 18.2 Å². The van der Waals surface area contributed by atoms with E-state index in [0.717, 1.165) is 27.6 Å². The number of benzene rings is 3. The number of hydrogen-bond acceptors (Lipinski definition) is 4. The third-order valence-electron chi connectivity index (χ3n) is 5.16. The number of methoxy groups -OCH3 is 2. The Morgan fingerprint density at radius 2 is 1.81 bits per heavy atom. The number of fused-ring (bicyclic) bond motifs is 1. The van der Waals surface area contributed by atoms with Crippen LogP contribution in [0.4, 0.5) is 10.1 Å². The van der Waals surface area contributed by atoms with Crippen molar-refractivity contribution >= 4 is 28.1 Å². The quantitative estimate of drug-likeness (QED) is 0.364. The molecule has 0 aliphatic carbocycles. The number of hydrogen-bond donors (Lipinski definition) is 1. The normalized spacial score (nSPS) is 11.4. The van der Waals surface area contributed by atoms with Crippen molar-refractivity contribution in [2.45, 2.75) is 6.92 Å². The summed E-state index contributed by atoms with van der Waals surface area (Å²) >= 11 is 0. The summed E-state index contributed by atoms with van der Waals surface area (Å²) < 4.78 is 29.8. The van der Waals surface area contributed by atoms with Gasteiger partial charge in [-0.15, -0.1) is 0 Å². The Morgan fingerprint density at radius 3 is 2.53 bits per heavy atom. The highest BCUT2D eigenvalue weighted by molar-refractivity contribution is 6.05. The molecule has 1 amide bonds. The first-order chi connectivity index (χ1) is 15.5. The zero-order chi connectivity index (χ0) is 22.7. The van der Waals surface area contributed by atoms with E-state index in [9.17, 15) is 9.18 Å². The number of anilines is 1. The van der Waals surface area contributed by atoms with Gasteiger partial charge < -0.3 is 19.2 Å². The average molecular weight is 431 g/mol. The third-order valence-corrected chi connectivity index (χ3v) is 5.16. The highest BCUT2D eigenvalue weighted by atomic mass is 19.1. The molecule has 5 nitrogen and oxygen atoms in total. The standard InChI is InChI=1S/C26H22FNO4/c1-16(11-26(29)28-19-5-4-6-20(12-19)30-2)21-13-22-23(17-7-9-18(27)10-8-17)15-32-25(22)14-24(21)31-3/h4-15H,1-3H3,(H,28,29)/b16-11+. The van der Waals surface area contributed by atoms with Crippen LogP contribution in [0.3, 0.4) is 0 Å². The Kier molecular flexibility index (Phi) is 5.94. The predicted molar refractivity (Wildman–Crippen MR) is 123 cm³/mol. The number of amides is 1. The van der Waals surface area contributed by atoms with Crippen molar-refractivity contribution in [3.05, 3.63) is 84.4 Å². The van der Waals surface area contributed by atoms with Crippen LogP contribution < -0.4 is 14.8 Å². The van der Waals surface area contributed by atoms with E-state index < -0.39 is 0 Å². The molecule has 0 aliphatic rings. The van der Waals surface area contributed by atoms with Gasteiger partial charge in [0.05, 0.1) is 20.5 Å². The van der Waals surface area contributed by atoms with Crippen LogP contribution >= 0.6 is 0 Å². The molecule has 4 aromatic rings. The second-order valence-electron chi connectivity index (χ2n) is 7.25. The number of carbonyl (C=O) groups is 1. The molecule has 6 heteroatoms.